The molecular weight excluding hydrogens is 559 g/mol. The summed E-state index contributed by atoms with van der Waals surface area (Å²) in [6.45, 7) is 0. The molecule has 0 bridgehead atoms. The van der Waals surface area contributed by atoms with Crippen LogP contribution < -0.4 is 4.90 Å². The molecule has 4 nitrogen and oxygen atoms in total. The predicted octanol–water partition coefficient (Wildman–Crippen LogP) is 7.85. The summed E-state index contributed by atoms with van der Waals surface area (Å²) in [7, 11) is 0. The fraction of sp³-hybridized carbons (Fsp3) is 0.0800. The topological polar surface area (TPSA) is 46.1 Å². The first-order valence-corrected chi connectivity index (χ1v) is 12.9. The first-order valence-electron chi connectivity index (χ1n) is 10.3. The summed E-state index contributed by atoms with van der Waals surface area (Å²) in [5.74, 6) is -0.407. The van der Waals surface area contributed by atoms with Gasteiger partial charge < -0.3 is 0 Å². The lowest BCUT2D eigenvalue weighted by atomic mass is 10.1. The highest BCUT2D eigenvalue weighted by molar-refractivity contribution is 9.10. The molecule has 3 aromatic carbocycles. The van der Waals surface area contributed by atoms with Gasteiger partial charge in [0, 0.05) is 19.8 Å². The highest BCUT2D eigenvalue weighted by Gasteiger charge is 2.34. The third kappa shape index (κ3) is 5.10. The van der Waals surface area contributed by atoms with E-state index in [0.29, 0.717) is 5.56 Å². The Morgan fingerprint density at radius 3 is 2.11 bits per heavy atom. The largest absolute Gasteiger partial charge is 0.433 e. The van der Waals surface area contributed by atoms with Crippen LogP contribution in [0.15, 0.2) is 98.3 Å². The average molecular weight is 574 g/mol. The van der Waals surface area contributed by atoms with Crippen molar-refractivity contribution < 1.29 is 18.0 Å². The van der Waals surface area contributed by atoms with E-state index in [1.165, 1.54) is 0 Å². The van der Waals surface area contributed by atoms with Crippen molar-refractivity contribution in [3.63, 3.8) is 0 Å². The number of aromatic nitrogens is 2. The summed E-state index contributed by atoms with van der Waals surface area (Å²) in [5.41, 5.74) is 1.08. The molecule has 176 valence electrons. The molecule has 1 aliphatic heterocycles. The van der Waals surface area contributed by atoms with Crippen LogP contribution in [0.2, 0.25) is 0 Å². The maximum atomic E-state index is 13.6. The van der Waals surface area contributed by atoms with Crippen LogP contribution in [0.4, 0.5) is 24.5 Å². The summed E-state index contributed by atoms with van der Waals surface area (Å²) in [5, 5.41) is -0.112. The lowest BCUT2D eigenvalue weighted by molar-refractivity contribution is -0.141. The van der Waals surface area contributed by atoms with Gasteiger partial charge in [0.25, 0.3) is 0 Å². The lowest BCUT2D eigenvalue weighted by Gasteiger charge is -2.30. The van der Waals surface area contributed by atoms with E-state index in [2.05, 4.69) is 25.9 Å². The van der Waals surface area contributed by atoms with Crippen molar-refractivity contribution in [1.29, 1.82) is 0 Å². The monoisotopic (exact) mass is 573 g/mol. The molecule has 1 aliphatic rings. The van der Waals surface area contributed by atoms with Crippen molar-refractivity contribution in [2.24, 2.45) is 0 Å². The Balaban J connectivity index is 1.45. The van der Waals surface area contributed by atoms with Crippen molar-refractivity contribution in [2.75, 3.05) is 10.7 Å². The molecule has 1 amide bonds. The van der Waals surface area contributed by atoms with Crippen LogP contribution in [0, 0.1) is 0 Å². The molecular formula is C25H15BrF3N3OS2. The number of rotatable bonds is 4. The quantitative estimate of drug-likeness (QED) is 0.184. The molecule has 0 saturated carbocycles. The van der Waals surface area contributed by atoms with Crippen LogP contribution in [0.1, 0.15) is 5.69 Å². The highest BCUT2D eigenvalue weighted by atomic mass is 79.9. The number of amides is 1. The zero-order valence-electron chi connectivity index (χ0n) is 17.8. The number of hydrogen-bond acceptors (Lipinski definition) is 5. The highest BCUT2D eigenvalue weighted by Crippen LogP contribution is 2.48. The number of anilines is 2. The fourth-order valence-electron chi connectivity index (χ4n) is 3.57. The van der Waals surface area contributed by atoms with Gasteiger partial charge in [-0.25, -0.2) is 9.97 Å². The maximum Gasteiger partial charge on any atom is 0.433 e. The molecule has 0 fully saturated rings. The SMILES string of the molecule is O=C(CSc1nc(-c2ccc(Br)cc2)cc(C(F)(F)F)n1)N1c2ccccc2Sc2ccccc21. The number of thioether (sulfide) groups is 1. The number of halogens is 4. The minimum Gasteiger partial charge on any atom is -0.278 e. The average Bonchev–Trinajstić information content (AvgIpc) is 2.85. The third-order valence-electron chi connectivity index (χ3n) is 5.14. The lowest BCUT2D eigenvalue weighted by Crippen LogP contribution is -2.30. The number of hydrogen-bond donors (Lipinski definition) is 0. The van der Waals surface area contributed by atoms with Gasteiger partial charge in [-0.2, -0.15) is 13.2 Å². The van der Waals surface area contributed by atoms with E-state index in [4.69, 9.17) is 0 Å². The molecule has 4 aromatic rings. The van der Waals surface area contributed by atoms with Crippen LogP contribution >= 0.6 is 39.5 Å². The van der Waals surface area contributed by atoms with Crippen LogP contribution in [0.25, 0.3) is 11.3 Å². The Labute approximate surface area is 216 Å². The van der Waals surface area contributed by atoms with Crippen LogP contribution in [-0.4, -0.2) is 21.6 Å². The Morgan fingerprint density at radius 1 is 0.914 bits per heavy atom. The maximum absolute atomic E-state index is 13.6. The molecule has 0 saturated heterocycles. The molecule has 0 atom stereocenters. The number of nitrogens with zero attached hydrogens (tertiary/aromatic N) is 3. The third-order valence-corrected chi connectivity index (χ3v) is 7.63. The number of para-hydroxylation sites is 2. The van der Waals surface area contributed by atoms with Gasteiger partial charge in [-0.15, -0.1) is 0 Å². The minimum absolute atomic E-state index is 0.112. The van der Waals surface area contributed by atoms with Crippen molar-refractivity contribution in [3.8, 4) is 11.3 Å². The summed E-state index contributed by atoms with van der Waals surface area (Å²) in [4.78, 5) is 24.9. The zero-order chi connectivity index (χ0) is 24.6. The van der Waals surface area contributed by atoms with Crippen molar-refractivity contribution >= 4 is 56.7 Å². The molecule has 0 radical (unpaired) electrons. The first-order chi connectivity index (χ1) is 16.8. The predicted molar refractivity (Wildman–Crippen MR) is 135 cm³/mol. The van der Waals surface area contributed by atoms with Gasteiger partial charge in [0.15, 0.2) is 5.16 Å². The van der Waals surface area contributed by atoms with E-state index in [0.717, 1.165) is 43.5 Å². The van der Waals surface area contributed by atoms with Gasteiger partial charge in [0.2, 0.25) is 5.91 Å². The minimum atomic E-state index is -4.64. The van der Waals surface area contributed by atoms with Crippen molar-refractivity contribution in [1.82, 2.24) is 9.97 Å². The summed E-state index contributed by atoms with van der Waals surface area (Å²) in [6, 6.07) is 22.8. The van der Waals surface area contributed by atoms with Gasteiger partial charge in [0.05, 0.1) is 22.8 Å². The fourth-order valence-corrected chi connectivity index (χ4v) is 5.60. The zero-order valence-corrected chi connectivity index (χ0v) is 21.0. The second-order valence-corrected chi connectivity index (χ2v) is 10.4. The Bertz CT molecular complexity index is 1370. The number of alkyl halides is 3. The molecule has 35 heavy (non-hydrogen) atoms. The van der Waals surface area contributed by atoms with Crippen LogP contribution in [-0.2, 0) is 11.0 Å². The molecule has 0 aliphatic carbocycles. The summed E-state index contributed by atoms with van der Waals surface area (Å²) >= 11 is 5.77. The second-order valence-electron chi connectivity index (χ2n) is 7.48. The van der Waals surface area contributed by atoms with Gasteiger partial charge in [-0.1, -0.05) is 75.9 Å². The Hall–Kier alpha value is -2.82. The van der Waals surface area contributed by atoms with Gasteiger partial charge in [-0.3, -0.25) is 9.69 Å². The van der Waals surface area contributed by atoms with Crippen molar-refractivity contribution in [2.45, 2.75) is 21.1 Å². The molecule has 1 aromatic heterocycles. The Morgan fingerprint density at radius 2 is 1.51 bits per heavy atom. The van der Waals surface area contributed by atoms with Gasteiger partial charge in [0.1, 0.15) is 5.69 Å². The van der Waals surface area contributed by atoms with Crippen LogP contribution in [0.5, 0.6) is 0 Å². The van der Waals surface area contributed by atoms with Crippen LogP contribution in [0.3, 0.4) is 0 Å². The molecule has 0 N–H and O–H groups in total. The van der Waals surface area contributed by atoms with E-state index in [1.54, 1.807) is 40.9 Å². The summed E-state index contributed by atoms with van der Waals surface area (Å²) in [6.07, 6.45) is -4.64. The van der Waals surface area contributed by atoms with Gasteiger partial charge in [-0.05, 0) is 42.5 Å². The smallest absolute Gasteiger partial charge is 0.278 e. The number of fused-ring (bicyclic) bond motifs is 2. The number of carbonyl (C=O) groups is 1. The molecule has 2 heterocycles. The normalized spacial score (nSPS) is 12.7. The van der Waals surface area contributed by atoms with Crippen molar-refractivity contribution in [3.05, 3.63) is 89.0 Å². The molecule has 5 rings (SSSR count). The second kappa shape index (κ2) is 9.67. The first kappa shape index (κ1) is 23.9. The van der Waals surface area contributed by atoms with E-state index in [1.807, 2.05) is 48.5 Å². The number of carbonyl (C=O) groups excluding carboxylic acids is 1. The van der Waals surface area contributed by atoms with E-state index < -0.39 is 11.9 Å². The Kier molecular flexibility index (Phi) is 6.61. The van der Waals surface area contributed by atoms with E-state index in [9.17, 15) is 18.0 Å². The van der Waals surface area contributed by atoms with Gasteiger partial charge >= 0.3 is 6.18 Å². The van der Waals surface area contributed by atoms with E-state index >= 15 is 0 Å². The molecule has 0 unspecified atom stereocenters. The molecule has 0 spiro atoms. The number of benzene rings is 3. The standard InChI is InChI=1S/C25H15BrF3N3OS2/c26-16-11-9-15(10-12-16)17-13-22(25(27,28)29)31-24(30-17)34-14-23(33)32-18-5-1-3-7-20(18)35-21-8-4-2-6-19(21)32/h1-13H,14H2. The summed E-state index contributed by atoms with van der Waals surface area (Å²) < 4.78 is 41.5. The van der Waals surface area contributed by atoms with E-state index in [-0.39, 0.29) is 22.5 Å². The molecule has 10 heteroatoms.